The molecule has 1 atom stereocenters. The minimum absolute atomic E-state index is 0.00140. The highest BCUT2D eigenvalue weighted by Crippen LogP contribution is 2.19. The van der Waals surface area contributed by atoms with Crippen molar-refractivity contribution in [1.29, 1.82) is 0 Å². The van der Waals surface area contributed by atoms with Gasteiger partial charge in [0.05, 0.1) is 19.1 Å². The normalized spacial score (nSPS) is 15.3. The minimum Gasteiger partial charge on any atom is -0.348 e. The Morgan fingerprint density at radius 2 is 1.33 bits per heavy atom. The zero-order chi connectivity index (χ0) is 25.3. The Bertz CT molecular complexity index is 1140. The molecule has 1 saturated heterocycles. The first-order chi connectivity index (χ1) is 17.5. The number of amides is 2. The first-order valence-electron chi connectivity index (χ1n) is 12.7. The van der Waals surface area contributed by atoms with E-state index in [2.05, 4.69) is 44.7 Å². The maximum atomic E-state index is 13.0. The first kappa shape index (κ1) is 25.6. The fourth-order valence-corrected chi connectivity index (χ4v) is 4.62. The molecule has 0 aliphatic carbocycles. The van der Waals surface area contributed by atoms with E-state index in [1.807, 2.05) is 68.4 Å². The number of benzene rings is 3. The number of nitrogens with zero attached hydrogens (tertiary/aromatic N) is 2. The van der Waals surface area contributed by atoms with Crippen molar-refractivity contribution in [2.45, 2.75) is 26.3 Å². The van der Waals surface area contributed by atoms with Crippen molar-refractivity contribution in [2.75, 3.05) is 44.6 Å². The fraction of sp³-hybridized carbons (Fsp3) is 0.333. The number of hydrogen-bond acceptors (Lipinski definition) is 4. The van der Waals surface area contributed by atoms with Crippen LogP contribution in [0.15, 0.2) is 78.9 Å². The summed E-state index contributed by atoms with van der Waals surface area (Å²) in [6.07, 6.45) is 0.750. The molecule has 2 amide bonds. The van der Waals surface area contributed by atoms with Crippen LogP contribution >= 0.6 is 0 Å². The molecule has 0 saturated carbocycles. The van der Waals surface area contributed by atoms with Gasteiger partial charge in [-0.2, -0.15) is 0 Å². The molecule has 0 aromatic heterocycles. The van der Waals surface area contributed by atoms with Gasteiger partial charge in [-0.1, -0.05) is 72.8 Å². The summed E-state index contributed by atoms with van der Waals surface area (Å²) >= 11 is 0. The standard InChI is InChI=1S/C30H36N4O2/c1-23-10-9-15-27(24(23)2)31-29(35)21-33-16-18-34(19-17-33)22-30(36)32-28(26-13-7-4-8-14-26)20-25-11-5-3-6-12-25/h3-15,28H,16-22H2,1-2H3,(H,31,35)(H,32,36). The van der Waals surface area contributed by atoms with Crippen LogP contribution in [-0.4, -0.2) is 60.9 Å². The molecule has 6 heteroatoms. The van der Waals surface area contributed by atoms with E-state index in [0.29, 0.717) is 13.1 Å². The Hall–Kier alpha value is -3.48. The van der Waals surface area contributed by atoms with Gasteiger partial charge in [0.1, 0.15) is 0 Å². The molecule has 1 aliphatic rings. The van der Waals surface area contributed by atoms with Crippen LogP contribution < -0.4 is 10.6 Å². The van der Waals surface area contributed by atoms with Crippen molar-refractivity contribution in [3.8, 4) is 0 Å². The average Bonchev–Trinajstić information content (AvgIpc) is 2.89. The summed E-state index contributed by atoms with van der Waals surface area (Å²) in [5.74, 6) is 0.0300. The molecular formula is C30H36N4O2. The molecule has 3 aromatic carbocycles. The molecule has 1 fully saturated rings. The summed E-state index contributed by atoms with van der Waals surface area (Å²) in [6.45, 7) is 7.85. The number of piperazine rings is 1. The monoisotopic (exact) mass is 484 g/mol. The maximum absolute atomic E-state index is 13.0. The predicted octanol–water partition coefficient (Wildman–Crippen LogP) is 3.96. The van der Waals surface area contributed by atoms with Crippen LogP contribution in [0.25, 0.3) is 0 Å². The molecule has 0 spiro atoms. The third kappa shape index (κ3) is 7.26. The van der Waals surface area contributed by atoms with Gasteiger partial charge in [-0.15, -0.1) is 0 Å². The summed E-state index contributed by atoms with van der Waals surface area (Å²) in [5.41, 5.74) is 5.44. The highest BCUT2D eigenvalue weighted by molar-refractivity contribution is 5.93. The lowest BCUT2D eigenvalue weighted by Gasteiger charge is -2.34. The smallest absolute Gasteiger partial charge is 0.238 e. The van der Waals surface area contributed by atoms with Crippen molar-refractivity contribution < 1.29 is 9.59 Å². The van der Waals surface area contributed by atoms with Gasteiger partial charge in [-0.3, -0.25) is 19.4 Å². The Morgan fingerprint density at radius 3 is 1.97 bits per heavy atom. The Kier molecular flexibility index (Phi) is 8.87. The van der Waals surface area contributed by atoms with E-state index in [-0.39, 0.29) is 17.9 Å². The van der Waals surface area contributed by atoms with Gasteiger partial charge in [0.15, 0.2) is 0 Å². The lowest BCUT2D eigenvalue weighted by molar-refractivity contribution is -0.124. The zero-order valence-corrected chi connectivity index (χ0v) is 21.2. The van der Waals surface area contributed by atoms with Gasteiger partial charge < -0.3 is 10.6 Å². The van der Waals surface area contributed by atoms with Crippen molar-refractivity contribution in [3.05, 3.63) is 101 Å². The number of carbonyl (C=O) groups is 2. The second-order valence-electron chi connectivity index (χ2n) is 9.57. The lowest BCUT2D eigenvalue weighted by Crippen LogP contribution is -2.51. The Balaban J connectivity index is 1.25. The topological polar surface area (TPSA) is 64.7 Å². The molecule has 4 rings (SSSR count). The van der Waals surface area contributed by atoms with Crippen LogP contribution in [0.5, 0.6) is 0 Å². The van der Waals surface area contributed by atoms with Crippen LogP contribution in [0.3, 0.4) is 0 Å². The largest absolute Gasteiger partial charge is 0.348 e. The number of rotatable bonds is 9. The molecule has 1 aliphatic heterocycles. The second-order valence-corrected chi connectivity index (χ2v) is 9.57. The molecule has 188 valence electrons. The van der Waals surface area contributed by atoms with Gasteiger partial charge in [-0.25, -0.2) is 0 Å². The molecule has 1 unspecified atom stereocenters. The number of aryl methyl sites for hydroxylation is 1. The van der Waals surface area contributed by atoms with Gasteiger partial charge in [-0.05, 0) is 48.6 Å². The summed E-state index contributed by atoms with van der Waals surface area (Å²) < 4.78 is 0. The molecule has 3 aromatic rings. The molecular weight excluding hydrogens is 448 g/mol. The van der Waals surface area contributed by atoms with Crippen LogP contribution in [0.4, 0.5) is 5.69 Å². The summed E-state index contributed by atoms with van der Waals surface area (Å²) in [5, 5.41) is 6.29. The van der Waals surface area contributed by atoms with E-state index in [9.17, 15) is 9.59 Å². The molecule has 0 bridgehead atoms. The lowest BCUT2D eigenvalue weighted by atomic mass is 9.99. The van der Waals surface area contributed by atoms with Crippen LogP contribution in [0, 0.1) is 13.8 Å². The maximum Gasteiger partial charge on any atom is 0.238 e. The Morgan fingerprint density at radius 1 is 0.750 bits per heavy atom. The number of carbonyl (C=O) groups excluding carboxylic acids is 2. The van der Waals surface area contributed by atoms with Crippen molar-refractivity contribution in [3.63, 3.8) is 0 Å². The zero-order valence-electron chi connectivity index (χ0n) is 21.2. The summed E-state index contributed by atoms with van der Waals surface area (Å²) in [6, 6.07) is 26.3. The predicted molar refractivity (Wildman–Crippen MR) is 145 cm³/mol. The quantitative estimate of drug-likeness (QED) is 0.483. The van der Waals surface area contributed by atoms with Crippen molar-refractivity contribution in [2.24, 2.45) is 0 Å². The fourth-order valence-electron chi connectivity index (χ4n) is 4.62. The van der Waals surface area contributed by atoms with Gasteiger partial charge in [0.25, 0.3) is 0 Å². The van der Waals surface area contributed by atoms with Crippen LogP contribution in [0.2, 0.25) is 0 Å². The van der Waals surface area contributed by atoms with Gasteiger partial charge in [0.2, 0.25) is 11.8 Å². The van der Waals surface area contributed by atoms with Crippen molar-refractivity contribution >= 4 is 17.5 Å². The molecule has 1 heterocycles. The molecule has 36 heavy (non-hydrogen) atoms. The number of anilines is 1. The molecule has 2 N–H and O–H groups in total. The summed E-state index contributed by atoms with van der Waals surface area (Å²) in [7, 11) is 0. The van der Waals surface area contributed by atoms with Crippen LogP contribution in [-0.2, 0) is 16.0 Å². The van der Waals surface area contributed by atoms with E-state index < -0.39 is 0 Å². The van der Waals surface area contributed by atoms with E-state index >= 15 is 0 Å². The number of hydrogen-bond donors (Lipinski definition) is 2. The first-order valence-corrected chi connectivity index (χ1v) is 12.7. The summed E-state index contributed by atoms with van der Waals surface area (Å²) in [4.78, 5) is 29.9. The highest BCUT2D eigenvalue weighted by atomic mass is 16.2. The second kappa shape index (κ2) is 12.5. The van der Waals surface area contributed by atoms with E-state index in [1.54, 1.807) is 0 Å². The minimum atomic E-state index is -0.0730. The van der Waals surface area contributed by atoms with Crippen LogP contribution in [0.1, 0.15) is 28.3 Å². The SMILES string of the molecule is Cc1cccc(NC(=O)CN2CCN(CC(=O)NC(Cc3ccccc3)c3ccccc3)CC2)c1C. The van der Waals surface area contributed by atoms with Crippen molar-refractivity contribution in [1.82, 2.24) is 15.1 Å². The average molecular weight is 485 g/mol. The molecule has 0 radical (unpaired) electrons. The molecule has 6 nitrogen and oxygen atoms in total. The van der Waals surface area contributed by atoms with E-state index in [4.69, 9.17) is 0 Å². The van der Waals surface area contributed by atoms with Gasteiger partial charge in [0, 0.05) is 31.9 Å². The number of nitrogens with one attached hydrogen (secondary N) is 2. The van der Waals surface area contributed by atoms with E-state index in [1.165, 1.54) is 5.56 Å². The highest BCUT2D eigenvalue weighted by Gasteiger charge is 2.22. The third-order valence-corrected chi connectivity index (χ3v) is 6.90. The van der Waals surface area contributed by atoms with Gasteiger partial charge >= 0.3 is 0 Å². The Labute approximate surface area is 214 Å². The third-order valence-electron chi connectivity index (χ3n) is 6.90. The van der Waals surface area contributed by atoms with E-state index in [0.717, 1.165) is 55.0 Å².